The molecule has 2 aromatic carbocycles. The summed E-state index contributed by atoms with van der Waals surface area (Å²) in [5.41, 5.74) is 4.76. The second-order valence-corrected chi connectivity index (χ2v) is 11.8. The fraction of sp³-hybridized carbons (Fsp3) is 0.333. The number of nitrogens with zero attached hydrogens (tertiary/aromatic N) is 3. The third-order valence-electron chi connectivity index (χ3n) is 7.58. The van der Waals surface area contributed by atoms with Gasteiger partial charge in [0.1, 0.15) is 11.5 Å². The lowest BCUT2D eigenvalue weighted by molar-refractivity contribution is 0.0911. The molecule has 41 heavy (non-hydrogen) atoms. The topological polar surface area (TPSA) is 101 Å². The van der Waals surface area contributed by atoms with Gasteiger partial charge in [0.15, 0.2) is 5.78 Å². The number of hydrogen-bond acceptors (Lipinski definition) is 5. The number of benzene rings is 2. The zero-order valence-electron chi connectivity index (χ0n) is 24.1. The molecule has 8 nitrogen and oxygen atoms in total. The minimum atomic E-state index is -0.370. The Labute approximate surface area is 241 Å². The number of ketones is 1. The number of urea groups is 1. The Morgan fingerprint density at radius 3 is 2.29 bits per heavy atom. The molecule has 4 aromatic rings. The smallest absolute Gasteiger partial charge is 0.317 e. The Kier molecular flexibility index (Phi) is 8.31. The van der Waals surface area contributed by atoms with Gasteiger partial charge in [-0.2, -0.15) is 5.10 Å². The van der Waals surface area contributed by atoms with Crippen molar-refractivity contribution in [1.82, 2.24) is 20.1 Å². The zero-order valence-corrected chi connectivity index (χ0v) is 24.1. The third-order valence-corrected chi connectivity index (χ3v) is 7.58. The van der Waals surface area contributed by atoms with Crippen LogP contribution in [0, 0.1) is 12.8 Å². The predicted molar refractivity (Wildman–Crippen MR) is 163 cm³/mol. The maximum atomic E-state index is 13.6. The number of Topliss-reactive ketones (excluding diaryl/α,β-unsaturated/α-hetero) is 1. The monoisotopic (exact) mass is 550 g/mol. The number of piperidine rings is 1. The van der Waals surface area contributed by atoms with Gasteiger partial charge in [0.2, 0.25) is 0 Å². The highest BCUT2D eigenvalue weighted by Crippen LogP contribution is 2.34. The van der Waals surface area contributed by atoms with Crippen LogP contribution < -0.4 is 16.0 Å². The van der Waals surface area contributed by atoms with E-state index in [2.05, 4.69) is 41.7 Å². The quantitative estimate of drug-likeness (QED) is 0.229. The molecular formula is C33H38N6O2. The molecule has 1 aliphatic heterocycles. The molecule has 1 unspecified atom stereocenters. The molecule has 0 radical (unpaired) electrons. The molecule has 3 heterocycles. The van der Waals surface area contributed by atoms with Gasteiger partial charge in [0.25, 0.3) is 0 Å². The number of carbonyl (C=O) groups excluding carboxylic acids is 2. The van der Waals surface area contributed by atoms with Crippen LogP contribution in [0.3, 0.4) is 0 Å². The number of nitrogens with one attached hydrogen (secondary N) is 3. The van der Waals surface area contributed by atoms with Gasteiger partial charge in [0.05, 0.1) is 17.3 Å². The normalized spacial score (nSPS) is 14.8. The van der Waals surface area contributed by atoms with Crippen molar-refractivity contribution < 1.29 is 9.59 Å². The average Bonchev–Trinajstić information content (AvgIpc) is 3.40. The van der Waals surface area contributed by atoms with Crippen LogP contribution in [0.5, 0.6) is 0 Å². The molecule has 0 saturated carbocycles. The first-order valence-corrected chi connectivity index (χ1v) is 14.2. The van der Waals surface area contributed by atoms with E-state index in [4.69, 9.17) is 5.10 Å². The standard InChI is InChI=1S/C33H38N6O2/c1-22-8-14-26(15-9-22)39-29(21-28(38-39)33(2,3)4)37-32(41)36-25-12-10-23(11-13-25)30(24-16-19-34-20-17-24)31(40)27-7-5-6-18-35-27/h5-15,18,21,24,30,34H,16-17,19-20H2,1-4H3,(H2,36,37,41). The van der Waals surface area contributed by atoms with E-state index in [1.54, 1.807) is 16.9 Å². The van der Waals surface area contributed by atoms with E-state index >= 15 is 0 Å². The number of carbonyl (C=O) groups is 2. The molecule has 5 rings (SSSR count). The SMILES string of the molecule is Cc1ccc(-n2nc(C(C)(C)C)cc2NC(=O)Nc2ccc(C(C(=O)c3ccccn3)C3CCNCC3)cc2)cc1. The number of aromatic nitrogens is 3. The van der Waals surface area contributed by atoms with Crippen LogP contribution in [-0.4, -0.2) is 39.7 Å². The first kappa shape index (κ1) is 28.2. The predicted octanol–water partition coefficient (Wildman–Crippen LogP) is 6.48. The average molecular weight is 551 g/mol. The molecule has 1 atom stereocenters. The highest BCUT2D eigenvalue weighted by Gasteiger charge is 2.32. The lowest BCUT2D eigenvalue weighted by atomic mass is 9.77. The molecule has 0 aliphatic carbocycles. The van der Waals surface area contributed by atoms with Crippen molar-refractivity contribution in [3.8, 4) is 5.69 Å². The van der Waals surface area contributed by atoms with E-state index in [0.717, 1.165) is 48.4 Å². The van der Waals surface area contributed by atoms with Crippen molar-refractivity contribution in [2.75, 3.05) is 23.7 Å². The molecule has 1 saturated heterocycles. The summed E-state index contributed by atoms with van der Waals surface area (Å²) in [6, 6.07) is 22.6. The van der Waals surface area contributed by atoms with Gasteiger partial charge in [-0.15, -0.1) is 0 Å². The summed E-state index contributed by atoms with van der Waals surface area (Å²) in [4.78, 5) is 31.0. The number of amides is 2. The third kappa shape index (κ3) is 6.72. The number of rotatable bonds is 7. The largest absolute Gasteiger partial charge is 0.324 e. The van der Waals surface area contributed by atoms with Crippen molar-refractivity contribution in [2.45, 2.75) is 51.9 Å². The minimum Gasteiger partial charge on any atom is -0.317 e. The highest BCUT2D eigenvalue weighted by atomic mass is 16.2. The summed E-state index contributed by atoms with van der Waals surface area (Å²) in [6.07, 6.45) is 3.52. The van der Waals surface area contributed by atoms with E-state index in [1.807, 2.05) is 73.7 Å². The fourth-order valence-corrected chi connectivity index (χ4v) is 5.25. The fourth-order valence-electron chi connectivity index (χ4n) is 5.25. The van der Waals surface area contributed by atoms with Crippen molar-refractivity contribution in [1.29, 1.82) is 0 Å². The second-order valence-electron chi connectivity index (χ2n) is 11.8. The van der Waals surface area contributed by atoms with Gasteiger partial charge in [0, 0.05) is 23.4 Å². The number of hydrogen-bond donors (Lipinski definition) is 3. The molecule has 3 N–H and O–H groups in total. The Bertz CT molecular complexity index is 1480. The van der Waals surface area contributed by atoms with Gasteiger partial charge in [-0.05, 0) is 80.7 Å². The summed E-state index contributed by atoms with van der Waals surface area (Å²) >= 11 is 0. The molecule has 2 amide bonds. The van der Waals surface area contributed by atoms with E-state index in [-0.39, 0.29) is 29.1 Å². The van der Waals surface area contributed by atoms with E-state index < -0.39 is 0 Å². The lowest BCUT2D eigenvalue weighted by Gasteiger charge is -2.30. The Morgan fingerprint density at radius 1 is 0.951 bits per heavy atom. The van der Waals surface area contributed by atoms with E-state index in [9.17, 15) is 9.59 Å². The molecule has 1 aliphatic rings. The molecule has 0 bridgehead atoms. The summed E-state index contributed by atoms with van der Waals surface area (Å²) in [5.74, 6) is 0.566. The minimum absolute atomic E-state index is 0.0370. The zero-order chi connectivity index (χ0) is 29.0. The highest BCUT2D eigenvalue weighted by molar-refractivity contribution is 6.00. The van der Waals surface area contributed by atoms with Crippen LogP contribution in [0.4, 0.5) is 16.3 Å². The lowest BCUT2D eigenvalue weighted by Crippen LogP contribution is -2.34. The Hall–Kier alpha value is -4.30. The molecule has 212 valence electrons. The van der Waals surface area contributed by atoms with Crippen LogP contribution in [-0.2, 0) is 5.41 Å². The maximum absolute atomic E-state index is 13.6. The first-order chi connectivity index (χ1) is 19.7. The van der Waals surface area contributed by atoms with Gasteiger partial charge in [-0.25, -0.2) is 9.48 Å². The van der Waals surface area contributed by atoms with Crippen molar-refractivity contribution in [3.05, 3.63) is 102 Å². The molecular weight excluding hydrogens is 512 g/mol. The maximum Gasteiger partial charge on any atom is 0.324 e. The van der Waals surface area contributed by atoms with E-state index in [0.29, 0.717) is 17.2 Å². The van der Waals surface area contributed by atoms with Crippen LogP contribution in [0.2, 0.25) is 0 Å². The van der Waals surface area contributed by atoms with Crippen LogP contribution in [0.15, 0.2) is 79.0 Å². The summed E-state index contributed by atoms with van der Waals surface area (Å²) < 4.78 is 1.76. The van der Waals surface area contributed by atoms with Crippen molar-refractivity contribution >= 4 is 23.3 Å². The van der Waals surface area contributed by atoms with Crippen molar-refractivity contribution in [3.63, 3.8) is 0 Å². The molecule has 2 aromatic heterocycles. The first-order valence-electron chi connectivity index (χ1n) is 14.2. The number of anilines is 2. The molecule has 8 heteroatoms. The second kappa shape index (κ2) is 12.1. The number of pyridine rings is 1. The van der Waals surface area contributed by atoms with E-state index in [1.165, 1.54) is 0 Å². The van der Waals surface area contributed by atoms with Crippen LogP contribution in [0.1, 0.15) is 66.8 Å². The molecule has 1 fully saturated rings. The Balaban J connectivity index is 1.34. The van der Waals surface area contributed by atoms with Gasteiger partial charge < -0.3 is 10.6 Å². The van der Waals surface area contributed by atoms with Gasteiger partial charge >= 0.3 is 6.03 Å². The number of aryl methyl sites for hydroxylation is 1. The summed E-state index contributed by atoms with van der Waals surface area (Å²) in [5, 5.41) is 14.1. The van der Waals surface area contributed by atoms with Crippen molar-refractivity contribution in [2.24, 2.45) is 5.92 Å². The van der Waals surface area contributed by atoms with Crippen LogP contribution in [0.25, 0.3) is 5.69 Å². The summed E-state index contributed by atoms with van der Waals surface area (Å²) in [7, 11) is 0. The summed E-state index contributed by atoms with van der Waals surface area (Å²) in [6.45, 7) is 10.1. The Morgan fingerprint density at radius 2 is 1.66 bits per heavy atom. The van der Waals surface area contributed by atoms with Gasteiger partial charge in [-0.3, -0.25) is 15.1 Å². The molecule has 0 spiro atoms. The van der Waals surface area contributed by atoms with Gasteiger partial charge in [-0.1, -0.05) is 56.7 Å². The van der Waals surface area contributed by atoms with Crippen LogP contribution >= 0.6 is 0 Å².